The van der Waals surface area contributed by atoms with Gasteiger partial charge in [0.25, 0.3) is 0 Å². The van der Waals surface area contributed by atoms with Crippen molar-refractivity contribution in [2.24, 2.45) is 5.41 Å². The Bertz CT molecular complexity index is 572. The minimum Gasteiger partial charge on any atom is -0.307 e. The van der Waals surface area contributed by atoms with Gasteiger partial charge in [0.05, 0.1) is 13.2 Å². The molecule has 3 nitrogen and oxygen atoms in total. The predicted molar refractivity (Wildman–Crippen MR) is 89.9 cm³/mol. The smallest absolute Gasteiger partial charge is 0.307 e. The highest BCUT2D eigenvalue weighted by Gasteiger charge is 2.46. The van der Waals surface area contributed by atoms with Gasteiger partial charge in [-0.15, -0.1) is 11.8 Å². The zero-order valence-corrected chi connectivity index (χ0v) is 14.7. The molecule has 1 fully saturated rings. The van der Waals surface area contributed by atoms with Crippen molar-refractivity contribution >= 4 is 31.1 Å². The molecule has 0 radical (unpaired) electrons. The van der Waals surface area contributed by atoms with Gasteiger partial charge < -0.3 is 9.05 Å². The second-order valence-electron chi connectivity index (χ2n) is 5.96. The number of rotatable bonds is 3. The molecule has 0 saturated carbocycles. The Labute approximate surface area is 134 Å². The lowest BCUT2D eigenvalue weighted by atomic mass is 9.97. The first-order valence-corrected chi connectivity index (χ1v) is 10.4. The fourth-order valence-corrected chi connectivity index (χ4v) is 7.84. The standard InChI is InChI=1S/C15H19O3PS2/c1-15(2)10-17-19(16,18-11-15)14-13(8-9-20-14)21-12-6-4-3-5-7-12/h3-8,14H,9-11H2,1-2H3. The van der Waals surface area contributed by atoms with Crippen molar-refractivity contribution in [2.45, 2.75) is 23.7 Å². The summed E-state index contributed by atoms with van der Waals surface area (Å²) < 4.78 is 24.4. The van der Waals surface area contributed by atoms with Crippen LogP contribution in [0.5, 0.6) is 0 Å². The van der Waals surface area contributed by atoms with Gasteiger partial charge in [-0.1, -0.05) is 49.9 Å². The summed E-state index contributed by atoms with van der Waals surface area (Å²) in [6.45, 7) is 5.11. The normalized spacial score (nSPS) is 27.3. The maximum Gasteiger partial charge on any atom is 0.348 e. The van der Waals surface area contributed by atoms with Crippen LogP contribution in [0.25, 0.3) is 0 Å². The third kappa shape index (κ3) is 3.59. The zero-order chi connectivity index (χ0) is 14.9. The summed E-state index contributed by atoms with van der Waals surface area (Å²) in [7, 11) is -3.06. The number of hydrogen-bond acceptors (Lipinski definition) is 5. The Hall–Kier alpha value is -0.190. The Kier molecular flexibility index (Phi) is 4.58. The molecule has 2 heterocycles. The van der Waals surface area contributed by atoms with Gasteiger partial charge in [0.1, 0.15) is 4.99 Å². The molecular weight excluding hydrogens is 323 g/mol. The number of hydrogen-bond donors (Lipinski definition) is 0. The summed E-state index contributed by atoms with van der Waals surface area (Å²) in [4.78, 5) is 2.06. The van der Waals surface area contributed by atoms with Gasteiger partial charge in [-0.2, -0.15) is 0 Å². The highest BCUT2D eigenvalue weighted by molar-refractivity contribution is 8.10. The lowest BCUT2D eigenvalue weighted by molar-refractivity contribution is 0.0416. The van der Waals surface area contributed by atoms with Crippen LogP contribution >= 0.6 is 31.1 Å². The average Bonchev–Trinajstić information content (AvgIpc) is 2.93. The molecule has 0 amide bonds. The Morgan fingerprint density at radius 2 is 1.90 bits per heavy atom. The van der Waals surface area contributed by atoms with Crippen LogP contribution in [0.2, 0.25) is 0 Å². The van der Waals surface area contributed by atoms with Crippen molar-refractivity contribution < 1.29 is 13.6 Å². The second-order valence-corrected chi connectivity index (χ2v) is 10.7. The molecule has 1 aromatic carbocycles. The van der Waals surface area contributed by atoms with E-state index in [1.165, 1.54) is 0 Å². The summed E-state index contributed by atoms with van der Waals surface area (Å²) >= 11 is 3.31. The van der Waals surface area contributed by atoms with E-state index in [0.29, 0.717) is 13.2 Å². The van der Waals surface area contributed by atoms with Crippen LogP contribution in [0.1, 0.15) is 13.8 Å². The first-order chi connectivity index (χ1) is 9.99. The van der Waals surface area contributed by atoms with E-state index in [1.54, 1.807) is 23.5 Å². The minimum absolute atomic E-state index is 0.0619. The molecule has 0 bridgehead atoms. The van der Waals surface area contributed by atoms with E-state index in [-0.39, 0.29) is 10.4 Å². The fourth-order valence-electron chi connectivity index (χ4n) is 2.11. The van der Waals surface area contributed by atoms with Gasteiger partial charge in [0.15, 0.2) is 0 Å². The first-order valence-electron chi connectivity index (χ1n) is 6.92. The van der Waals surface area contributed by atoms with Crippen molar-refractivity contribution in [3.8, 4) is 0 Å². The molecule has 3 rings (SSSR count). The topological polar surface area (TPSA) is 35.5 Å². The predicted octanol–water partition coefficient (Wildman–Crippen LogP) is 5.00. The quantitative estimate of drug-likeness (QED) is 0.722. The minimum atomic E-state index is -3.06. The van der Waals surface area contributed by atoms with E-state index in [4.69, 9.17) is 9.05 Å². The van der Waals surface area contributed by atoms with Crippen LogP contribution in [-0.4, -0.2) is 24.0 Å². The molecule has 0 aliphatic carbocycles. The van der Waals surface area contributed by atoms with Gasteiger partial charge in [0, 0.05) is 21.0 Å². The Morgan fingerprint density at radius 3 is 2.57 bits per heavy atom. The fraction of sp³-hybridized carbons (Fsp3) is 0.467. The van der Waals surface area contributed by atoms with E-state index in [9.17, 15) is 4.57 Å². The van der Waals surface area contributed by atoms with Crippen molar-refractivity contribution in [2.75, 3.05) is 19.0 Å². The third-order valence-electron chi connectivity index (χ3n) is 3.32. The molecule has 1 unspecified atom stereocenters. The number of benzene rings is 1. The van der Waals surface area contributed by atoms with Crippen LogP contribution < -0.4 is 0 Å². The van der Waals surface area contributed by atoms with E-state index >= 15 is 0 Å². The van der Waals surface area contributed by atoms with E-state index in [1.807, 2.05) is 18.2 Å². The molecule has 114 valence electrons. The molecule has 21 heavy (non-hydrogen) atoms. The molecule has 6 heteroatoms. The van der Waals surface area contributed by atoms with Crippen LogP contribution in [-0.2, 0) is 13.6 Å². The third-order valence-corrected chi connectivity index (χ3v) is 8.77. The van der Waals surface area contributed by atoms with Crippen LogP contribution in [0.3, 0.4) is 0 Å². The Morgan fingerprint density at radius 1 is 1.24 bits per heavy atom. The highest BCUT2D eigenvalue weighted by atomic mass is 32.2. The SMILES string of the molecule is CC1(C)COP(=O)(C2SCC=C2Sc2ccccc2)OC1. The summed E-state index contributed by atoms with van der Waals surface area (Å²) in [5.41, 5.74) is -0.0619. The highest BCUT2D eigenvalue weighted by Crippen LogP contribution is 2.66. The van der Waals surface area contributed by atoms with Crippen molar-refractivity contribution in [3.05, 3.63) is 41.3 Å². The monoisotopic (exact) mass is 342 g/mol. The van der Waals surface area contributed by atoms with Gasteiger partial charge in [-0.05, 0) is 12.1 Å². The molecule has 2 aliphatic rings. The van der Waals surface area contributed by atoms with Gasteiger partial charge in [0.2, 0.25) is 0 Å². The van der Waals surface area contributed by atoms with Crippen LogP contribution in [0, 0.1) is 5.41 Å². The first kappa shape index (κ1) is 15.7. The zero-order valence-electron chi connectivity index (χ0n) is 12.2. The van der Waals surface area contributed by atoms with Crippen LogP contribution in [0.4, 0.5) is 0 Å². The Balaban J connectivity index is 1.74. The molecule has 0 N–H and O–H groups in total. The molecule has 0 spiro atoms. The van der Waals surface area contributed by atoms with E-state index in [0.717, 1.165) is 15.6 Å². The van der Waals surface area contributed by atoms with Gasteiger partial charge in [-0.3, -0.25) is 4.57 Å². The summed E-state index contributed by atoms with van der Waals surface area (Å²) in [5, 5.41) is 0. The molecule has 0 aromatic heterocycles. The van der Waals surface area contributed by atoms with Gasteiger partial charge in [-0.25, -0.2) is 0 Å². The lowest BCUT2D eigenvalue weighted by Crippen LogP contribution is -2.31. The molecule has 1 saturated heterocycles. The van der Waals surface area contributed by atoms with Crippen LogP contribution in [0.15, 0.2) is 46.2 Å². The second kappa shape index (κ2) is 6.13. The summed E-state index contributed by atoms with van der Waals surface area (Å²) in [6.07, 6.45) is 2.14. The maximum atomic E-state index is 13.0. The average molecular weight is 342 g/mol. The largest absolute Gasteiger partial charge is 0.348 e. The number of thioether (sulfide) groups is 2. The van der Waals surface area contributed by atoms with Crippen molar-refractivity contribution in [1.29, 1.82) is 0 Å². The summed E-state index contributed by atoms with van der Waals surface area (Å²) in [5.74, 6) is 0.861. The summed E-state index contributed by atoms with van der Waals surface area (Å²) in [6, 6.07) is 10.1. The molecule has 2 aliphatic heterocycles. The van der Waals surface area contributed by atoms with E-state index in [2.05, 4.69) is 32.1 Å². The molecule has 1 aromatic rings. The van der Waals surface area contributed by atoms with E-state index < -0.39 is 7.60 Å². The van der Waals surface area contributed by atoms with Crippen molar-refractivity contribution in [3.63, 3.8) is 0 Å². The van der Waals surface area contributed by atoms with Gasteiger partial charge >= 0.3 is 7.60 Å². The lowest BCUT2D eigenvalue weighted by Gasteiger charge is -2.36. The van der Waals surface area contributed by atoms with Crippen molar-refractivity contribution in [1.82, 2.24) is 0 Å². The molecular formula is C15H19O3PS2. The molecule has 1 atom stereocenters. The maximum absolute atomic E-state index is 13.0.